The molecule has 1 amide bonds. The zero-order valence-electron chi connectivity index (χ0n) is 12.0. The number of nitrogens with one attached hydrogen (secondary N) is 1. The fourth-order valence-corrected chi connectivity index (χ4v) is 1.61. The van der Waals surface area contributed by atoms with Crippen LogP contribution in [0.1, 0.15) is 36.2 Å². The van der Waals surface area contributed by atoms with E-state index in [1.807, 2.05) is 0 Å². The molecule has 1 N–H and O–H groups in total. The molecule has 0 spiro atoms. The minimum Gasteiger partial charge on any atom is -0.464 e. The zero-order valence-corrected chi connectivity index (χ0v) is 12.0. The molecular formula is C14H15F4NO3. The number of hydrogen-bond acceptors (Lipinski definition) is 3. The monoisotopic (exact) mass is 321 g/mol. The molecule has 0 bridgehead atoms. The molecule has 0 saturated carbocycles. The smallest absolute Gasteiger partial charge is 0.417 e. The molecule has 0 heterocycles. The van der Waals surface area contributed by atoms with Crippen LogP contribution in [0.4, 0.5) is 17.6 Å². The summed E-state index contributed by atoms with van der Waals surface area (Å²) in [6.45, 7) is 3.20. The van der Waals surface area contributed by atoms with Crippen LogP contribution in [0.25, 0.3) is 0 Å². The van der Waals surface area contributed by atoms with Crippen molar-refractivity contribution in [2.45, 2.75) is 32.5 Å². The van der Waals surface area contributed by atoms with E-state index < -0.39 is 41.0 Å². The minimum absolute atomic E-state index is 0.142. The van der Waals surface area contributed by atoms with Crippen molar-refractivity contribution in [3.8, 4) is 0 Å². The van der Waals surface area contributed by atoms with Gasteiger partial charge in [0.25, 0.3) is 5.91 Å². The summed E-state index contributed by atoms with van der Waals surface area (Å²) in [4.78, 5) is 23.4. The summed E-state index contributed by atoms with van der Waals surface area (Å²) in [6.07, 6.45) is -4.32. The van der Waals surface area contributed by atoms with E-state index in [0.717, 1.165) is 12.1 Å². The molecule has 0 aliphatic rings. The fraction of sp³-hybridized carbons (Fsp3) is 0.429. The second-order valence-electron chi connectivity index (χ2n) is 4.55. The summed E-state index contributed by atoms with van der Waals surface area (Å²) >= 11 is 0. The predicted molar refractivity (Wildman–Crippen MR) is 69.6 cm³/mol. The van der Waals surface area contributed by atoms with E-state index in [4.69, 9.17) is 4.74 Å². The van der Waals surface area contributed by atoms with E-state index in [1.54, 1.807) is 6.92 Å². The summed E-state index contributed by atoms with van der Waals surface area (Å²) in [6, 6.07) is 0.571. The van der Waals surface area contributed by atoms with Crippen LogP contribution in [0.2, 0.25) is 0 Å². The molecule has 1 atom stereocenters. The van der Waals surface area contributed by atoms with Gasteiger partial charge in [-0.2, -0.15) is 13.2 Å². The van der Waals surface area contributed by atoms with Gasteiger partial charge in [0.2, 0.25) is 0 Å². The van der Waals surface area contributed by atoms with E-state index in [9.17, 15) is 27.2 Å². The van der Waals surface area contributed by atoms with Gasteiger partial charge in [0.05, 0.1) is 17.7 Å². The molecule has 0 saturated heterocycles. The second kappa shape index (κ2) is 7.24. The molecule has 0 aliphatic carbocycles. The van der Waals surface area contributed by atoms with Crippen LogP contribution < -0.4 is 5.32 Å². The first kappa shape index (κ1) is 17.9. The predicted octanol–water partition coefficient (Wildman–Crippen LogP) is 2.92. The lowest BCUT2D eigenvalue weighted by Gasteiger charge is -2.16. The van der Waals surface area contributed by atoms with E-state index in [2.05, 4.69) is 5.32 Å². The number of carbonyl (C=O) groups excluding carboxylic acids is 2. The van der Waals surface area contributed by atoms with Crippen LogP contribution in [-0.2, 0) is 15.7 Å². The number of carbonyl (C=O) groups is 2. The molecule has 0 fully saturated rings. The lowest BCUT2D eigenvalue weighted by atomic mass is 10.1. The molecule has 22 heavy (non-hydrogen) atoms. The van der Waals surface area contributed by atoms with Crippen molar-refractivity contribution in [2.24, 2.45) is 0 Å². The molecule has 8 heteroatoms. The Hall–Kier alpha value is -2.12. The summed E-state index contributed by atoms with van der Waals surface area (Å²) in [5.74, 6) is -3.00. The number of amides is 1. The summed E-state index contributed by atoms with van der Waals surface area (Å²) in [7, 11) is 0. The number of rotatable bonds is 5. The number of hydrogen-bond donors (Lipinski definition) is 1. The maximum atomic E-state index is 13.0. The number of alkyl halides is 3. The Morgan fingerprint density at radius 2 is 1.95 bits per heavy atom. The Bertz CT molecular complexity index is 558. The molecule has 0 aromatic heterocycles. The molecule has 1 aromatic rings. The van der Waals surface area contributed by atoms with Gasteiger partial charge in [-0.3, -0.25) is 4.79 Å². The van der Waals surface area contributed by atoms with Crippen molar-refractivity contribution in [2.75, 3.05) is 6.61 Å². The van der Waals surface area contributed by atoms with Gasteiger partial charge >= 0.3 is 12.1 Å². The van der Waals surface area contributed by atoms with Crippen molar-refractivity contribution in [1.82, 2.24) is 5.32 Å². The highest BCUT2D eigenvalue weighted by molar-refractivity contribution is 5.98. The molecule has 1 rings (SSSR count). The molecule has 1 aromatic carbocycles. The maximum Gasteiger partial charge on any atom is 0.417 e. The lowest BCUT2D eigenvalue weighted by Crippen LogP contribution is -2.40. The third kappa shape index (κ3) is 4.71. The third-order valence-electron chi connectivity index (χ3n) is 2.68. The summed E-state index contributed by atoms with van der Waals surface area (Å²) < 4.78 is 56.2. The Morgan fingerprint density at radius 3 is 2.50 bits per heavy atom. The van der Waals surface area contributed by atoms with Crippen molar-refractivity contribution >= 4 is 11.9 Å². The Kier molecular flexibility index (Phi) is 5.90. The largest absolute Gasteiger partial charge is 0.464 e. The van der Waals surface area contributed by atoms with E-state index in [-0.39, 0.29) is 12.7 Å². The lowest BCUT2D eigenvalue weighted by molar-refractivity contribution is -0.145. The Labute approximate surface area is 124 Å². The number of esters is 1. The quantitative estimate of drug-likeness (QED) is 0.670. The fourth-order valence-electron chi connectivity index (χ4n) is 1.61. The number of benzene rings is 1. The minimum atomic E-state index is -4.89. The molecule has 0 radical (unpaired) electrons. The van der Waals surface area contributed by atoms with Gasteiger partial charge in [-0.25, -0.2) is 9.18 Å². The molecule has 0 aliphatic heterocycles. The topological polar surface area (TPSA) is 55.4 Å². The SMILES string of the molecule is CCCOC(=O)C(C)NC(=O)c1ccc(F)cc1C(F)(F)F. The van der Waals surface area contributed by atoms with E-state index in [0.29, 0.717) is 6.42 Å². The van der Waals surface area contributed by atoms with Crippen LogP contribution in [0.3, 0.4) is 0 Å². The van der Waals surface area contributed by atoms with Crippen molar-refractivity contribution in [3.63, 3.8) is 0 Å². The van der Waals surface area contributed by atoms with Crippen LogP contribution in [0.5, 0.6) is 0 Å². The van der Waals surface area contributed by atoms with Gasteiger partial charge in [0, 0.05) is 0 Å². The average molecular weight is 321 g/mol. The normalized spacial score (nSPS) is 12.6. The summed E-state index contributed by atoms with van der Waals surface area (Å²) in [5.41, 5.74) is -2.16. The van der Waals surface area contributed by atoms with Gasteiger partial charge < -0.3 is 10.1 Å². The number of halogens is 4. The van der Waals surface area contributed by atoms with E-state index >= 15 is 0 Å². The van der Waals surface area contributed by atoms with Crippen LogP contribution >= 0.6 is 0 Å². The first-order valence-electron chi connectivity index (χ1n) is 6.51. The van der Waals surface area contributed by atoms with Gasteiger partial charge in [-0.1, -0.05) is 6.92 Å². The highest BCUT2D eigenvalue weighted by Gasteiger charge is 2.36. The van der Waals surface area contributed by atoms with Crippen LogP contribution in [0.15, 0.2) is 18.2 Å². The average Bonchev–Trinajstić information content (AvgIpc) is 2.43. The van der Waals surface area contributed by atoms with Gasteiger partial charge in [0.1, 0.15) is 11.9 Å². The van der Waals surface area contributed by atoms with Crippen LogP contribution in [0, 0.1) is 5.82 Å². The van der Waals surface area contributed by atoms with Gasteiger partial charge in [-0.05, 0) is 31.5 Å². The zero-order chi connectivity index (χ0) is 16.9. The molecule has 4 nitrogen and oxygen atoms in total. The molecule has 122 valence electrons. The highest BCUT2D eigenvalue weighted by atomic mass is 19.4. The Balaban J connectivity index is 2.92. The number of ether oxygens (including phenoxy) is 1. The van der Waals surface area contributed by atoms with Crippen molar-refractivity contribution < 1.29 is 31.9 Å². The van der Waals surface area contributed by atoms with Crippen LogP contribution in [-0.4, -0.2) is 24.5 Å². The Morgan fingerprint density at radius 1 is 1.32 bits per heavy atom. The highest BCUT2D eigenvalue weighted by Crippen LogP contribution is 2.32. The molecule has 1 unspecified atom stereocenters. The first-order chi connectivity index (χ1) is 10.2. The van der Waals surface area contributed by atoms with Gasteiger partial charge in [0.15, 0.2) is 0 Å². The first-order valence-corrected chi connectivity index (χ1v) is 6.51. The second-order valence-corrected chi connectivity index (χ2v) is 4.55. The van der Waals surface area contributed by atoms with E-state index in [1.165, 1.54) is 6.92 Å². The van der Waals surface area contributed by atoms with Gasteiger partial charge in [-0.15, -0.1) is 0 Å². The standard InChI is InChI=1S/C14H15F4NO3/c1-3-6-22-13(21)8(2)19-12(20)10-5-4-9(15)7-11(10)14(16,17)18/h4-5,7-8H,3,6H2,1-2H3,(H,19,20). The molecular weight excluding hydrogens is 306 g/mol. The summed E-state index contributed by atoms with van der Waals surface area (Å²) in [5, 5.41) is 2.10. The van der Waals surface area contributed by atoms with Crippen molar-refractivity contribution in [3.05, 3.63) is 35.1 Å². The van der Waals surface area contributed by atoms with Crippen molar-refractivity contribution in [1.29, 1.82) is 0 Å². The third-order valence-corrected chi connectivity index (χ3v) is 2.68. The maximum absolute atomic E-state index is 13.0.